The second-order valence-corrected chi connectivity index (χ2v) is 4.12. The molecule has 0 aromatic heterocycles. The van der Waals surface area contributed by atoms with E-state index in [-0.39, 0.29) is 24.4 Å². The monoisotopic (exact) mass is 244 g/mol. The number of ether oxygens (including phenoxy) is 1. The number of carboxylic acids is 1. The molecular formula is C12H17LiN2O3. The van der Waals surface area contributed by atoms with Gasteiger partial charge in [-0.15, -0.1) is 0 Å². The molecular weight excluding hydrogens is 227 g/mol. The first-order valence-corrected chi connectivity index (χ1v) is 5.58. The van der Waals surface area contributed by atoms with Crippen LogP contribution < -0.4 is 5.73 Å². The fourth-order valence-electron chi connectivity index (χ4n) is 1.90. The zero-order valence-corrected chi connectivity index (χ0v) is 9.56. The van der Waals surface area contributed by atoms with E-state index in [4.69, 9.17) is 15.6 Å². The number of hydrogen-bond acceptors (Lipinski definition) is 4. The Morgan fingerprint density at radius 2 is 2.06 bits per heavy atom. The van der Waals surface area contributed by atoms with Crippen LogP contribution in [-0.4, -0.2) is 61.1 Å². The van der Waals surface area contributed by atoms with Crippen LogP contribution in [0.2, 0.25) is 0 Å². The van der Waals surface area contributed by atoms with Gasteiger partial charge < -0.3 is 15.6 Å². The second kappa shape index (κ2) is 6.81. The molecule has 0 atom stereocenters. The van der Waals surface area contributed by atoms with Gasteiger partial charge in [0.15, 0.2) is 0 Å². The van der Waals surface area contributed by atoms with Gasteiger partial charge >= 0.3 is 24.8 Å². The number of carboxylic acid groups (broad SMARTS) is 1. The van der Waals surface area contributed by atoms with Crippen molar-refractivity contribution in [2.24, 2.45) is 0 Å². The number of nitrogens with zero attached hydrogens (tertiary/aromatic N) is 1. The van der Waals surface area contributed by atoms with Gasteiger partial charge in [0.2, 0.25) is 0 Å². The maximum atomic E-state index is 11.0. The van der Waals surface area contributed by atoms with Crippen LogP contribution in [0.15, 0.2) is 18.2 Å². The van der Waals surface area contributed by atoms with Crippen LogP contribution in [0.1, 0.15) is 15.9 Å². The van der Waals surface area contributed by atoms with Crippen molar-refractivity contribution in [1.82, 2.24) is 4.90 Å². The quantitative estimate of drug-likeness (QED) is 0.584. The standard InChI is InChI=1S/C12H16N2O3.Li.H/c13-11-2-1-9(7-10(11)12(15)16)8-14-3-5-17-6-4-14;;/h1-2,7H,3-6,8,13H2,(H,15,16);;. The van der Waals surface area contributed by atoms with E-state index in [9.17, 15) is 4.79 Å². The molecule has 94 valence electrons. The number of carbonyl (C=O) groups is 1. The van der Waals surface area contributed by atoms with E-state index in [1.165, 1.54) is 0 Å². The van der Waals surface area contributed by atoms with Gasteiger partial charge in [-0.2, -0.15) is 0 Å². The Bertz CT molecular complexity index is 420. The Hall–Kier alpha value is -0.993. The number of morpholine rings is 1. The molecule has 0 spiro atoms. The molecule has 5 nitrogen and oxygen atoms in total. The van der Waals surface area contributed by atoms with Crippen LogP contribution in [0, 0.1) is 0 Å². The summed E-state index contributed by atoms with van der Waals surface area (Å²) in [6.07, 6.45) is 0. The van der Waals surface area contributed by atoms with Crippen LogP contribution in [0.25, 0.3) is 0 Å². The maximum absolute atomic E-state index is 11.0. The molecule has 1 fully saturated rings. The topological polar surface area (TPSA) is 75.8 Å². The summed E-state index contributed by atoms with van der Waals surface area (Å²) >= 11 is 0. The minimum atomic E-state index is -0.980. The van der Waals surface area contributed by atoms with E-state index < -0.39 is 5.97 Å². The van der Waals surface area contributed by atoms with Crippen molar-refractivity contribution in [2.45, 2.75) is 6.54 Å². The fourth-order valence-corrected chi connectivity index (χ4v) is 1.90. The van der Waals surface area contributed by atoms with E-state index in [0.29, 0.717) is 5.69 Å². The molecule has 1 aliphatic rings. The Morgan fingerprint density at radius 3 is 2.67 bits per heavy atom. The molecule has 18 heavy (non-hydrogen) atoms. The molecule has 1 aromatic rings. The Balaban J connectivity index is 0.00000162. The van der Waals surface area contributed by atoms with Gasteiger partial charge in [0, 0.05) is 25.3 Å². The van der Waals surface area contributed by atoms with E-state index in [1.807, 2.05) is 6.07 Å². The fraction of sp³-hybridized carbons (Fsp3) is 0.417. The first-order chi connectivity index (χ1) is 8.16. The number of benzene rings is 1. The minimum absolute atomic E-state index is 0. The van der Waals surface area contributed by atoms with Crippen molar-refractivity contribution in [3.63, 3.8) is 0 Å². The average Bonchev–Trinajstić information content (AvgIpc) is 2.32. The number of nitrogens with two attached hydrogens (primary N) is 1. The molecule has 3 N–H and O–H groups in total. The Labute approximate surface area is 118 Å². The summed E-state index contributed by atoms with van der Waals surface area (Å²) in [5.74, 6) is -0.980. The summed E-state index contributed by atoms with van der Waals surface area (Å²) in [6, 6.07) is 5.17. The van der Waals surface area contributed by atoms with Crippen molar-refractivity contribution in [3.8, 4) is 0 Å². The predicted octanol–water partition coefficient (Wildman–Crippen LogP) is 0.151. The van der Waals surface area contributed by atoms with Crippen LogP contribution in [0.4, 0.5) is 5.69 Å². The molecule has 6 heteroatoms. The molecule has 0 aliphatic carbocycles. The van der Waals surface area contributed by atoms with Crippen LogP contribution >= 0.6 is 0 Å². The number of aromatic carboxylic acids is 1. The average molecular weight is 244 g/mol. The van der Waals surface area contributed by atoms with Gasteiger partial charge in [-0.1, -0.05) is 6.07 Å². The molecule has 0 bridgehead atoms. The number of anilines is 1. The van der Waals surface area contributed by atoms with Crippen LogP contribution in [0.5, 0.6) is 0 Å². The summed E-state index contributed by atoms with van der Waals surface area (Å²) in [6.45, 7) is 3.98. The predicted molar refractivity (Wildman–Crippen MR) is 71.1 cm³/mol. The second-order valence-electron chi connectivity index (χ2n) is 4.12. The summed E-state index contributed by atoms with van der Waals surface area (Å²) in [5.41, 5.74) is 7.07. The zero-order chi connectivity index (χ0) is 12.3. The molecule has 0 radical (unpaired) electrons. The molecule has 1 aromatic carbocycles. The third-order valence-corrected chi connectivity index (χ3v) is 2.86. The summed E-state index contributed by atoms with van der Waals surface area (Å²) < 4.78 is 5.26. The van der Waals surface area contributed by atoms with Gasteiger partial charge in [-0.3, -0.25) is 4.90 Å². The van der Waals surface area contributed by atoms with Crippen molar-refractivity contribution in [2.75, 3.05) is 32.0 Å². The zero-order valence-electron chi connectivity index (χ0n) is 9.56. The van der Waals surface area contributed by atoms with Crippen LogP contribution in [0.3, 0.4) is 0 Å². The van der Waals surface area contributed by atoms with E-state index in [0.717, 1.165) is 38.4 Å². The third kappa shape index (κ3) is 3.75. The van der Waals surface area contributed by atoms with Gasteiger partial charge in [0.05, 0.1) is 18.8 Å². The SMILES string of the molecule is Nc1ccc(CN2CCOCC2)cc1C(=O)O.[LiH]. The van der Waals surface area contributed by atoms with Gasteiger partial charge in [0.1, 0.15) is 0 Å². The molecule has 1 aliphatic heterocycles. The van der Waals surface area contributed by atoms with Crippen molar-refractivity contribution in [3.05, 3.63) is 29.3 Å². The van der Waals surface area contributed by atoms with Crippen LogP contribution in [-0.2, 0) is 11.3 Å². The normalized spacial score (nSPS) is 16.0. The first-order valence-electron chi connectivity index (χ1n) is 5.58. The van der Waals surface area contributed by atoms with E-state index in [1.54, 1.807) is 12.1 Å². The number of hydrogen-bond donors (Lipinski definition) is 2. The van der Waals surface area contributed by atoms with Gasteiger partial charge in [0.25, 0.3) is 0 Å². The number of nitrogen functional groups attached to an aromatic ring is 1. The van der Waals surface area contributed by atoms with E-state index >= 15 is 0 Å². The molecule has 0 amide bonds. The summed E-state index contributed by atoms with van der Waals surface area (Å²) in [5, 5.41) is 8.98. The van der Waals surface area contributed by atoms with Crippen molar-refractivity contribution < 1.29 is 14.6 Å². The molecule has 1 heterocycles. The molecule has 1 saturated heterocycles. The van der Waals surface area contributed by atoms with Gasteiger partial charge in [-0.05, 0) is 17.7 Å². The summed E-state index contributed by atoms with van der Waals surface area (Å²) in [7, 11) is 0. The first kappa shape index (κ1) is 15.1. The van der Waals surface area contributed by atoms with Crippen molar-refractivity contribution >= 4 is 30.5 Å². The Morgan fingerprint density at radius 1 is 1.39 bits per heavy atom. The number of rotatable bonds is 3. The van der Waals surface area contributed by atoms with E-state index in [2.05, 4.69) is 4.90 Å². The van der Waals surface area contributed by atoms with Gasteiger partial charge in [-0.25, -0.2) is 4.79 Å². The summed E-state index contributed by atoms with van der Waals surface area (Å²) in [4.78, 5) is 13.2. The van der Waals surface area contributed by atoms with Crippen molar-refractivity contribution in [1.29, 1.82) is 0 Å². The molecule has 0 saturated carbocycles. The Kier molecular flexibility index (Phi) is 5.70. The third-order valence-electron chi connectivity index (χ3n) is 2.86. The molecule has 0 unspecified atom stereocenters. The molecule has 2 rings (SSSR count).